The zero-order valence-electron chi connectivity index (χ0n) is 29.4. The molecule has 0 amide bonds. The summed E-state index contributed by atoms with van der Waals surface area (Å²) in [5, 5.41) is 5.52. The molecule has 0 heterocycles. The standard InChI is InChI=1S/2C21H23.C3H6.2ClH.Zr/c2*1-3-6-16-10-12-18(13-11-16)20-9-5-8-19-14-17(7-4-2)15-21(19)20;1-3-2;;;/h2*5,8-15H,3-4,6-7H2,1-2H3;1-3H2;2*1H;/q2*-1;-2;;;+2/p-2. The largest absolute Gasteiger partial charge is 2.00 e. The van der Waals surface area contributed by atoms with E-state index in [2.05, 4.69) is 151 Å². The van der Waals surface area contributed by atoms with E-state index < -0.39 is 0 Å². The van der Waals surface area contributed by atoms with Crippen molar-refractivity contribution in [3.05, 3.63) is 145 Å². The van der Waals surface area contributed by atoms with Gasteiger partial charge in [-0.25, -0.2) is 0 Å². The van der Waals surface area contributed by atoms with Crippen LogP contribution in [-0.4, -0.2) is 0 Å². The van der Waals surface area contributed by atoms with Crippen molar-refractivity contribution >= 4 is 21.5 Å². The molecular weight excluding hydrogens is 703 g/mol. The van der Waals surface area contributed by atoms with Crippen LogP contribution in [0.1, 0.15) is 82.1 Å². The van der Waals surface area contributed by atoms with E-state index in [4.69, 9.17) is 0 Å². The van der Waals surface area contributed by atoms with Crippen LogP contribution in [0.25, 0.3) is 43.8 Å². The van der Waals surface area contributed by atoms with Crippen LogP contribution in [-0.2, 0) is 51.9 Å². The Bertz CT molecular complexity index is 1590. The molecule has 48 heavy (non-hydrogen) atoms. The average molecular weight is 755 g/mol. The molecule has 6 aromatic carbocycles. The Morgan fingerprint density at radius 2 is 0.812 bits per heavy atom. The molecule has 0 spiro atoms. The molecule has 0 bridgehead atoms. The first-order valence-electron chi connectivity index (χ1n) is 17.2. The summed E-state index contributed by atoms with van der Waals surface area (Å²) in [6.45, 7) is 15.7. The zero-order chi connectivity index (χ0) is 32.0. The second kappa shape index (κ2) is 23.1. The van der Waals surface area contributed by atoms with Crippen LogP contribution in [0.3, 0.4) is 0 Å². The molecule has 0 aliphatic rings. The van der Waals surface area contributed by atoms with E-state index in [0.717, 1.165) is 6.42 Å². The Morgan fingerprint density at radius 1 is 0.479 bits per heavy atom. The summed E-state index contributed by atoms with van der Waals surface area (Å²) in [5.74, 6) is 0. The second-order valence-corrected chi connectivity index (χ2v) is 12.1. The van der Waals surface area contributed by atoms with Crippen LogP contribution < -0.4 is 24.8 Å². The first-order chi connectivity index (χ1) is 22.0. The SMILES string of the molecule is CCCc1ccc(-c2cccc3[cH-]c(CCC)cc23)cc1.CCCc1ccc(-c2cccc3[cH-]c(CCC)cc23)cc1.[CH2-]C[CH2-].[Cl-].[Cl-].[Zr+2]. The quantitative estimate of drug-likeness (QED) is 0.129. The van der Waals surface area contributed by atoms with Crippen molar-refractivity contribution in [2.24, 2.45) is 0 Å². The van der Waals surface area contributed by atoms with Gasteiger partial charge in [0.15, 0.2) is 0 Å². The van der Waals surface area contributed by atoms with E-state index in [1.54, 1.807) is 0 Å². The zero-order valence-corrected chi connectivity index (χ0v) is 33.4. The molecule has 254 valence electrons. The molecular formula is C45H52Cl2Zr-4. The Balaban J connectivity index is 0.000000420. The maximum Gasteiger partial charge on any atom is 2.00 e. The molecule has 6 rings (SSSR count). The number of rotatable bonds is 10. The molecule has 0 N–H and O–H groups in total. The van der Waals surface area contributed by atoms with E-state index in [1.165, 1.54) is 117 Å². The summed E-state index contributed by atoms with van der Waals surface area (Å²) in [7, 11) is 0. The van der Waals surface area contributed by atoms with Crippen molar-refractivity contribution < 1.29 is 51.0 Å². The third kappa shape index (κ3) is 11.9. The summed E-state index contributed by atoms with van der Waals surface area (Å²) >= 11 is 0. The molecule has 0 unspecified atom stereocenters. The fourth-order valence-corrected chi connectivity index (χ4v) is 6.24. The van der Waals surface area contributed by atoms with Gasteiger partial charge in [-0.15, -0.1) is 69.1 Å². The fourth-order valence-electron chi connectivity index (χ4n) is 6.24. The van der Waals surface area contributed by atoms with Crippen LogP contribution >= 0.6 is 0 Å². The molecule has 0 nitrogen and oxygen atoms in total. The first kappa shape index (κ1) is 43.6. The van der Waals surface area contributed by atoms with E-state index in [1.807, 2.05) is 0 Å². The van der Waals surface area contributed by atoms with Gasteiger partial charge in [0.1, 0.15) is 0 Å². The van der Waals surface area contributed by atoms with Gasteiger partial charge in [0, 0.05) is 0 Å². The van der Waals surface area contributed by atoms with E-state index >= 15 is 0 Å². The van der Waals surface area contributed by atoms with Crippen molar-refractivity contribution in [2.45, 2.75) is 85.5 Å². The minimum Gasteiger partial charge on any atom is -1.00 e. The van der Waals surface area contributed by atoms with Crippen LogP contribution in [0.5, 0.6) is 0 Å². The summed E-state index contributed by atoms with van der Waals surface area (Å²) in [6, 6.07) is 40.9. The molecule has 0 saturated carbocycles. The first-order valence-corrected chi connectivity index (χ1v) is 17.2. The van der Waals surface area contributed by atoms with E-state index in [0.29, 0.717) is 0 Å². The average Bonchev–Trinajstić information content (AvgIpc) is 3.67. The van der Waals surface area contributed by atoms with Gasteiger partial charge in [0.25, 0.3) is 0 Å². The normalized spacial score (nSPS) is 10.1. The van der Waals surface area contributed by atoms with Gasteiger partial charge in [-0.05, 0) is 47.9 Å². The molecule has 0 atom stereocenters. The Labute approximate surface area is 323 Å². The van der Waals surface area contributed by atoms with Crippen molar-refractivity contribution in [3.63, 3.8) is 0 Å². The van der Waals surface area contributed by atoms with Crippen molar-refractivity contribution in [3.8, 4) is 22.3 Å². The van der Waals surface area contributed by atoms with Crippen molar-refractivity contribution in [1.82, 2.24) is 0 Å². The minimum atomic E-state index is 0. The topological polar surface area (TPSA) is 0 Å². The maximum atomic E-state index is 3.38. The van der Waals surface area contributed by atoms with Crippen LogP contribution in [0.2, 0.25) is 0 Å². The second-order valence-electron chi connectivity index (χ2n) is 12.1. The van der Waals surface area contributed by atoms with Crippen LogP contribution in [0.4, 0.5) is 0 Å². The van der Waals surface area contributed by atoms with Gasteiger partial charge in [-0.2, -0.15) is 12.1 Å². The van der Waals surface area contributed by atoms with Gasteiger partial charge >= 0.3 is 26.2 Å². The number of aryl methyl sites for hydroxylation is 4. The van der Waals surface area contributed by atoms with Crippen LogP contribution in [0, 0.1) is 13.8 Å². The van der Waals surface area contributed by atoms with Crippen molar-refractivity contribution in [2.75, 3.05) is 0 Å². The molecule has 6 aromatic rings. The number of halogens is 2. The van der Waals surface area contributed by atoms with Gasteiger partial charge in [0.05, 0.1) is 0 Å². The Hall–Kier alpha value is -2.44. The summed E-state index contributed by atoms with van der Waals surface area (Å²) < 4.78 is 0. The van der Waals surface area contributed by atoms with Gasteiger partial charge in [-0.1, -0.05) is 125 Å². The monoisotopic (exact) mass is 752 g/mol. The number of benzene rings is 4. The molecule has 0 fully saturated rings. The third-order valence-corrected chi connectivity index (χ3v) is 8.31. The Morgan fingerprint density at radius 3 is 1.12 bits per heavy atom. The Kier molecular flexibility index (Phi) is 20.9. The van der Waals surface area contributed by atoms with E-state index in [-0.39, 0.29) is 51.0 Å². The smallest absolute Gasteiger partial charge is 1.00 e. The van der Waals surface area contributed by atoms with E-state index in [9.17, 15) is 0 Å². The molecule has 0 aromatic heterocycles. The summed E-state index contributed by atoms with van der Waals surface area (Å²) in [5.41, 5.74) is 11.2. The fraction of sp³-hybridized carbons (Fsp3) is 0.289. The maximum absolute atomic E-state index is 3.38. The molecule has 0 radical (unpaired) electrons. The van der Waals surface area contributed by atoms with Gasteiger partial charge in [0.2, 0.25) is 0 Å². The third-order valence-electron chi connectivity index (χ3n) is 8.31. The number of fused-ring (bicyclic) bond motifs is 2. The molecule has 0 saturated heterocycles. The minimum absolute atomic E-state index is 0. The molecule has 0 aliphatic carbocycles. The van der Waals surface area contributed by atoms with Crippen molar-refractivity contribution in [1.29, 1.82) is 0 Å². The molecule has 3 heteroatoms. The summed E-state index contributed by atoms with van der Waals surface area (Å²) in [4.78, 5) is 0. The van der Waals surface area contributed by atoms with Crippen LogP contribution in [0.15, 0.2) is 109 Å². The van der Waals surface area contributed by atoms with Gasteiger partial charge < -0.3 is 45.1 Å². The number of hydrogen-bond donors (Lipinski definition) is 0. The number of hydrogen-bond acceptors (Lipinski definition) is 0. The molecule has 0 aliphatic heterocycles. The predicted molar refractivity (Wildman–Crippen MR) is 201 cm³/mol. The summed E-state index contributed by atoms with van der Waals surface area (Å²) in [6.07, 6.45) is 10.3. The predicted octanol–water partition coefficient (Wildman–Crippen LogP) is 7.31. The van der Waals surface area contributed by atoms with Gasteiger partial charge in [-0.3, -0.25) is 0 Å².